The Morgan fingerprint density at radius 1 is 1.29 bits per heavy atom. The van der Waals surface area contributed by atoms with Gasteiger partial charge in [0, 0.05) is 11.1 Å². The Labute approximate surface area is 81.4 Å². The first kappa shape index (κ1) is 8.69. The molecule has 1 aromatic heterocycles. The van der Waals surface area contributed by atoms with Crippen molar-refractivity contribution in [3.63, 3.8) is 0 Å². The Morgan fingerprint density at radius 3 is 2.50 bits per heavy atom. The molecular formula is C11H9NO2. The summed E-state index contributed by atoms with van der Waals surface area (Å²) in [4.78, 5) is 14.5. The van der Waals surface area contributed by atoms with E-state index in [1.807, 2.05) is 19.1 Å². The second-order valence-electron chi connectivity index (χ2n) is 3.02. The van der Waals surface area contributed by atoms with Crippen LogP contribution in [0.4, 0.5) is 0 Å². The molecule has 3 nitrogen and oxygen atoms in total. The molecule has 14 heavy (non-hydrogen) atoms. The number of benzene rings is 1. The van der Waals surface area contributed by atoms with Crippen molar-refractivity contribution in [1.29, 1.82) is 0 Å². The van der Waals surface area contributed by atoms with E-state index in [-0.39, 0.29) is 0 Å². The third kappa shape index (κ3) is 1.57. The number of carbonyl (C=O) groups is 1. The number of hydrogen-bond donors (Lipinski definition) is 0. The van der Waals surface area contributed by atoms with E-state index < -0.39 is 0 Å². The second-order valence-corrected chi connectivity index (χ2v) is 3.02. The molecule has 0 radical (unpaired) electrons. The van der Waals surface area contributed by atoms with Crippen LogP contribution in [0.3, 0.4) is 0 Å². The van der Waals surface area contributed by atoms with Crippen LogP contribution in [0.5, 0.6) is 0 Å². The maximum atomic E-state index is 10.4. The molecule has 1 aromatic carbocycles. The molecule has 2 aromatic rings. The zero-order valence-electron chi connectivity index (χ0n) is 7.73. The monoisotopic (exact) mass is 187 g/mol. The number of rotatable bonds is 2. The first-order valence-electron chi connectivity index (χ1n) is 4.27. The fourth-order valence-electron chi connectivity index (χ4n) is 1.19. The van der Waals surface area contributed by atoms with Crippen molar-refractivity contribution >= 4 is 6.29 Å². The number of carbonyl (C=O) groups excluding carboxylic acids is 1. The predicted molar refractivity (Wildman–Crippen MR) is 52.1 cm³/mol. The summed E-state index contributed by atoms with van der Waals surface area (Å²) >= 11 is 0. The largest absolute Gasteiger partial charge is 0.441 e. The van der Waals surface area contributed by atoms with E-state index in [9.17, 15) is 4.79 Å². The summed E-state index contributed by atoms with van der Waals surface area (Å²) in [5.41, 5.74) is 1.53. The molecule has 0 N–H and O–H groups in total. The van der Waals surface area contributed by atoms with Gasteiger partial charge >= 0.3 is 0 Å². The van der Waals surface area contributed by atoms with Gasteiger partial charge in [-0.25, -0.2) is 4.98 Å². The van der Waals surface area contributed by atoms with Crippen molar-refractivity contribution in [2.75, 3.05) is 0 Å². The van der Waals surface area contributed by atoms with Crippen LogP contribution in [0.15, 0.2) is 34.9 Å². The summed E-state index contributed by atoms with van der Waals surface area (Å²) in [5.74, 6) is 1.36. The van der Waals surface area contributed by atoms with Gasteiger partial charge in [0.05, 0.1) is 6.20 Å². The number of aldehydes is 1. The van der Waals surface area contributed by atoms with Gasteiger partial charge in [0.25, 0.3) is 0 Å². The molecule has 2 rings (SSSR count). The molecule has 0 amide bonds. The fourth-order valence-corrected chi connectivity index (χ4v) is 1.19. The SMILES string of the molecule is Cc1cnc(-c2ccc(C=O)cc2)o1. The van der Waals surface area contributed by atoms with Gasteiger partial charge in [-0.2, -0.15) is 0 Å². The third-order valence-corrected chi connectivity index (χ3v) is 1.91. The van der Waals surface area contributed by atoms with E-state index in [0.717, 1.165) is 17.6 Å². The van der Waals surface area contributed by atoms with E-state index in [0.29, 0.717) is 11.5 Å². The molecule has 0 aliphatic rings. The minimum absolute atomic E-state index is 0.583. The lowest BCUT2D eigenvalue weighted by atomic mass is 10.1. The van der Waals surface area contributed by atoms with E-state index >= 15 is 0 Å². The zero-order chi connectivity index (χ0) is 9.97. The van der Waals surface area contributed by atoms with Gasteiger partial charge in [-0.15, -0.1) is 0 Å². The average Bonchev–Trinajstić information content (AvgIpc) is 2.65. The molecule has 0 saturated carbocycles. The second kappa shape index (κ2) is 3.46. The highest BCUT2D eigenvalue weighted by Gasteiger charge is 2.03. The highest BCUT2D eigenvalue weighted by molar-refractivity contribution is 5.75. The molecule has 0 saturated heterocycles. The van der Waals surface area contributed by atoms with Crippen LogP contribution in [-0.4, -0.2) is 11.3 Å². The van der Waals surface area contributed by atoms with Crippen LogP contribution in [0.25, 0.3) is 11.5 Å². The predicted octanol–water partition coefficient (Wildman–Crippen LogP) is 2.46. The lowest BCUT2D eigenvalue weighted by Gasteiger charge is -1.94. The Morgan fingerprint density at radius 2 is 2.00 bits per heavy atom. The van der Waals surface area contributed by atoms with Gasteiger partial charge in [0.15, 0.2) is 0 Å². The van der Waals surface area contributed by atoms with Gasteiger partial charge in [0.1, 0.15) is 12.0 Å². The highest BCUT2D eigenvalue weighted by atomic mass is 16.4. The smallest absolute Gasteiger partial charge is 0.226 e. The maximum absolute atomic E-state index is 10.4. The fraction of sp³-hybridized carbons (Fsp3) is 0.0909. The summed E-state index contributed by atoms with van der Waals surface area (Å²) in [5, 5.41) is 0. The van der Waals surface area contributed by atoms with E-state index in [1.54, 1.807) is 18.3 Å². The van der Waals surface area contributed by atoms with Gasteiger partial charge < -0.3 is 4.42 Å². The molecular weight excluding hydrogens is 178 g/mol. The Kier molecular flexibility index (Phi) is 2.14. The highest BCUT2D eigenvalue weighted by Crippen LogP contribution is 2.18. The minimum Gasteiger partial charge on any atom is -0.441 e. The molecule has 0 fully saturated rings. The van der Waals surface area contributed by atoms with Crippen LogP contribution in [0.2, 0.25) is 0 Å². The van der Waals surface area contributed by atoms with E-state index in [4.69, 9.17) is 4.42 Å². The first-order chi connectivity index (χ1) is 6.79. The Bertz CT molecular complexity index is 443. The standard InChI is InChI=1S/C11H9NO2/c1-8-6-12-11(14-8)10-4-2-9(7-13)3-5-10/h2-7H,1H3. The summed E-state index contributed by atoms with van der Waals surface area (Å²) in [7, 11) is 0. The van der Waals surface area contributed by atoms with Crippen LogP contribution in [0, 0.1) is 6.92 Å². The molecule has 0 unspecified atom stereocenters. The van der Waals surface area contributed by atoms with Crippen molar-refractivity contribution in [3.05, 3.63) is 41.8 Å². The minimum atomic E-state index is 0.583. The number of aryl methyl sites for hydroxylation is 1. The van der Waals surface area contributed by atoms with Crippen LogP contribution in [-0.2, 0) is 0 Å². The van der Waals surface area contributed by atoms with Crippen molar-refractivity contribution in [2.45, 2.75) is 6.92 Å². The van der Waals surface area contributed by atoms with Crippen molar-refractivity contribution in [3.8, 4) is 11.5 Å². The average molecular weight is 187 g/mol. The Balaban J connectivity index is 2.38. The number of nitrogens with zero attached hydrogens (tertiary/aromatic N) is 1. The van der Waals surface area contributed by atoms with Crippen molar-refractivity contribution in [2.24, 2.45) is 0 Å². The molecule has 0 aliphatic heterocycles. The van der Waals surface area contributed by atoms with E-state index in [2.05, 4.69) is 4.98 Å². The van der Waals surface area contributed by atoms with Gasteiger partial charge in [-0.05, 0) is 19.1 Å². The summed E-state index contributed by atoms with van der Waals surface area (Å²) in [6.45, 7) is 1.84. The summed E-state index contributed by atoms with van der Waals surface area (Å²) in [6, 6.07) is 7.10. The number of oxazole rings is 1. The lowest BCUT2D eigenvalue weighted by Crippen LogP contribution is -1.80. The number of aromatic nitrogens is 1. The molecule has 3 heteroatoms. The molecule has 0 aliphatic carbocycles. The topological polar surface area (TPSA) is 43.1 Å². The first-order valence-corrected chi connectivity index (χ1v) is 4.27. The van der Waals surface area contributed by atoms with Crippen LogP contribution < -0.4 is 0 Å². The third-order valence-electron chi connectivity index (χ3n) is 1.91. The summed E-state index contributed by atoms with van der Waals surface area (Å²) < 4.78 is 5.34. The molecule has 0 bridgehead atoms. The normalized spacial score (nSPS) is 10.1. The van der Waals surface area contributed by atoms with E-state index in [1.165, 1.54) is 0 Å². The van der Waals surface area contributed by atoms with Gasteiger partial charge in [0.2, 0.25) is 5.89 Å². The summed E-state index contributed by atoms with van der Waals surface area (Å²) in [6.07, 6.45) is 2.48. The van der Waals surface area contributed by atoms with Crippen molar-refractivity contribution in [1.82, 2.24) is 4.98 Å². The molecule has 70 valence electrons. The quantitative estimate of drug-likeness (QED) is 0.678. The van der Waals surface area contributed by atoms with Crippen LogP contribution in [0.1, 0.15) is 16.1 Å². The Hall–Kier alpha value is -1.90. The lowest BCUT2D eigenvalue weighted by molar-refractivity contribution is 0.112. The maximum Gasteiger partial charge on any atom is 0.226 e. The zero-order valence-corrected chi connectivity index (χ0v) is 7.73. The molecule has 0 atom stereocenters. The molecule has 0 spiro atoms. The van der Waals surface area contributed by atoms with Crippen LogP contribution >= 0.6 is 0 Å². The molecule has 1 heterocycles. The van der Waals surface area contributed by atoms with Gasteiger partial charge in [-0.3, -0.25) is 4.79 Å². The van der Waals surface area contributed by atoms with Crippen molar-refractivity contribution < 1.29 is 9.21 Å². The van der Waals surface area contributed by atoms with Gasteiger partial charge in [-0.1, -0.05) is 12.1 Å². The number of hydrogen-bond acceptors (Lipinski definition) is 3.